The predicted molar refractivity (Wildman–Crippen MR) is 120 cm³/mol. The van der Waals surface area contributed by atoms with Crippen LogP contribution in [0.3, 0.4) is 0 Å². The Bertz CT molecular complexity index is 1140. The molecule has 148 valence electrons. The molecular weight excluding hydrogens is 427 g/mol. The molecular formula is C21H18Cl2N4OS. The minimum atomic E-state index is 0.464. The summed E-state index contributed by atoms with van der Waals surface area (Å²) >= 11 is 14.3. The van der Waals surface area contributed by atoms with Crippen LogP contribution in [0.5, 0.6) is 5.75 Å². The smallest absolute Gasteiger partial charge is 0.190 e. The second kappa shape index (κ2) is 9.03. The van der Waals surface area contributed by atoms with Crippen molar-refractivity contribution in [1.29, 1.82) is 0 Å². The van der Waals surface area contributed by atoms with Gasteiger partial charge in [0.1, 0.15) is 17.0 Å². The average Bonchev–Trinajstić information content (AvgIpc) is 3.04. The van der Waals surface area contributed by atoms with Crippen molar-refractivity contribution >= 4 is 46.1 Å². The first-order valence-corrected chi connectivity index (χ1v) is 11.0. The van der Waals surface area contributed by atoms with Gasteiger partial charge in [-0.05, 0) is 30.4 Å². The standard InChI is InChI=1S/C21H18Cl2N4OS/c1-29-21-26-18(19-20(27-21)25-12-24-19)14-10-17(16(23)11-15(14)22)28-9-8-13-6-4-2-3-5-7-13/h2-4,6-7,10-12H,5,8-9H2,1H3,(H,24,25,26,27). The van der Waals surface area contributed by atoms with Gasteiger partial charge in [-0.1, -0.05) is 65.3 Å². The van der Waals surface area contributed by atoms with Crippen LogP contribution in [0, 0.1) is 0 Å². The number of benzene rings is 1. The fourth-order valence-electron chi connectivity index (χ4n) is 3.01. The number of aromatic amines is 1. The number of H-pyrrole nitrogens is 1. The van der Waals surface area contributed by atoms with E-state index in [0.717, 1.165) is 23.9 Å². The maximum absolute atomic E-state index is 6.51. The zero-order valence-corrected chi connectivity index (χ0v) is 18.0. The van der Waals surface area contributed by atoms with E-state index in [0.29, 0.717) is 38.9 Å². The topological polar surface area (TPSA) is 63.7 Å². The van der Waals surface area contributed by atoms with E-state index in [1.165, 1.54) is 17.3 Å². The molecule has 0 radical (unpaired) electrons. The summed E-state index contributed by atoms with van der Waals surface area (Å²) in [6, 6.07) is 3.52. The van der Waals surface area contributed by atoms with Crippen molar-refractivity contribution in [2.24, 2.45) is 0 Å². The molecule has 1 aliphatic carbocycles. The van der Waals surface area contributed by atoms with Crippen LogP contribution in [0.4, 0.5) is 0 Å². The van der Waals surface area contributed by atoms with Crippen molar-refractivity contribution in [2.45, 2.75) is 18.0 Å². The number of thioether (sulfide) groups is 1. The highest BCUT2D eigenvalue weighted by Crippen LogP contribution is 2.38. The van der Waals surface area contributed by atoms with Crippen molar-refractivity contribution < 1.29 is 4.74 Å². The summed E-state index contributed by atoms with van der Waals surface area (Å²) < 4.78 is 5.99. The number of imidazole rings is 1. The molecule has 1 aromatic carbocycles. The molecule has 0 spiro atoms. The molecule has 5 nitrogen and oxygen atoms in total. The summed E-state index contributed by atoms with van der Waals surface area (Å²) in [6.45, 7) is 0.510. The van der Waals surface area contributed by atoms with Gasteiger partial charge in [0, 0.05) is 12.0 Å². The Morgan fingerprint density at radius 3 is 2.93 bits per heavy atom. The molecule has 8 heteroatoms. The van der Waals surface area contributed by atoms with Crippen LogP contribution in [0.15, 0.2) is 59.6 Å². The molecule has 0 saturated heterocycles. The minimum Gasteiger partial charge on any atom is -0.492 e. The number of allylic oxidation sites excluding steroid dienone is 5. The molecule has 4 rings (SSSR count). The van der Waals surface area contributed by atoms with Gasteiger partial charge in [0.15, 0.2) is 10.8 Å². The van der Waals surface area contributed by atoms with Crippen LogP contribution in [0.1, 0.15) is 12.8 Å². The maximum Gasteiger partial charge on any atom is 0.190 e. The predicted octanol–water partition coefficient (Wildman–Crippen LogP) is 6.26. The Labute approximate surface area is 182 Å². The van der Waals surface area contributed by atoms with Crippen LogP contribution in [0.2, 0.25) is 10.0 Å². The van der Waals surface area contributed by atoms with Gasteiger partial charge in [0.2, 0.25) is 0 Å². The van der Waals surface area contributed by atoms with Gasteiger partial charge in [-0.25, -0.2) is 15.0 Å². The van der Waals surface area contributed by atoms with Crippen molar-refractivity contribution in [1.82, 2.24) is 19.9 Å². The molecule has 0 atom stereocenters. The molecule has 2 aromatic heterocycles. The summed E-state index contributed by atoms with van der Waals surface area (Å²) in [5.41, 5.74) is 3.94. The Kier molecular flexibility index (Phi) is 6.23. The number of ether oxygens (including phenoxy) is 1. The zero-order chi connectivity index (χ0) is 20.2. The van der Waals surface area contributed by atoms with Crippen LogP contribution < -0.4 is 4.74 Å². The van der Waals surface area contributed by atoms with Gasteiger partial charge >= 0.3 is 0 Å². The summed E-state index contributed by atoms with van der Waals surface area (Å²) in [5.74, 6) is 0.569. The van der Waals surface area contributed by atoms with E-state index in [1.807, 2.05) is 24.5 Å². The lowest BCUT2D eigenvalue weighted by Crippen LogP contribution is -2.00. The van der Waals surface area contributed by atoms with Gasteiger partial charge in [0.25, 0.3) is 0 Å². The van der Waals surface area contributed by atoms with E-state index in [9.17, 15) is 0 Å². The third kappa shape index (κ3) is 4.50. The monoisotopic (exact) mass is 444 g/mol. The lowest BCUT2D eigenvalue weighted by atomic mass is 10.1. The number of aromatic nitrogens is 4. The highest BCUT2D eigenvalue weighted by Gasteiger charge is 2.17. The molecule has 1 aliphatic rings. The van der Waals surface area contributed by atoms with Gasteiger partial charge in [-0.2, -0.15) is 0 Å². The molecule has 1 N–H and O–H groups in total. The minimum absolute atomic E-state index is 0.464. The van der Waals surface area contributed by atoms with Gasteiger partial charge in [-0.3, -0.25) is 0 Å². The van der Waals surface area contributed by atoms with E-state index >= 15 is 0 Å². The van der Waals surface area contributed by atoms with E-state index in [4.69, 9.17) is 27.9 Å². The first-order chi connectivity index (χ1) is 14.2. The van der Waals surface area contributed by atoms with Crippen molar-refractivity contribution in [2.75, 3.05) is 12.9 Å². The number of hydrogen-bond donors (Lipinski definition) is 1. The molecule has 29 heavy (non-hydrogen) atoms. The van der Waals surface area contributed by atoms with Crippen LogP contribution in [0.25, 0.3) is 22.4 Å². The number of fused-ring (bicyclic) bond motifs is 1. The number of nitrogens with zero attached hydrogens (tertiary/aromatic N) is 3. The summed E-state index contributed by atoms with van der Waals surface area (Å²) in [5, 5.41) is 1.57. The second-order valence-electron chi connectivity index (χ2n) is 6.32. The van der Waals surface area contributed by atoms with Crippen LogP contribution in [-0.4, -0.2) is 32.8 Å². The van der Waals surface area contributed by atoms with Gasteiger partial charge in [0.05, 0.1) is 23.0 Å². The molecule has 0 unspecified atom stereocenters. The molecule has 2 heterocycles. The Hall–Kier alpha value is -2.28. The zero-order valence-electron chi connectivity index (χ0n) is 15.7. The fraction of sp³-hybridized carbons (Fsp3) is 0.190. The third-order valence-corrected chi connectivity index (χ3v) is 5.60. The summed E-state index contributed by atoms with van der Waals surface area (Å²) in [6.07, 6.45) is 15.7. The average molecular weight is 445 g/mol. The number of rotatable bonds is 6. The van der Waals surface area contributed by atoms with Crippen LogP contribution in [-0.2, 0) is 0 Å². The van der Waals surface area contributed by atoms with Crippen molar-refractivity contribution in [3.05, 3.63) is 64.5 Å². The van der Waals surface area contributed by atoms with Crippen molar-refractivity contribution in [3.63, 3.8) is 0 Å². The number of nitrogens with one attached hydrogen (secondary N) is 1. The fourth-order valence-corrected chi connectivity index (χ4v) is 3.90. The number of hydrogen-bond acceptors (Lipinski definition) is 5. The Balaban J connectivity index is 1.63. The van der Waals surface area contributed by atoms with E-state index in [-0.39, 0.29) is 0 Å². The third-order valence-electron chi connectivity index (χ3n) is 4.45. The molecule has 0 bridgehead atoms. The van der Waals surface area contributed by atoms with Crippen molar-refractivity contribution in [3.8, 4) is 17.0 Å². The number of halogens is 2. The van der Waals surface area contributed by atoms with Gasteiger partial charge in [-0.15, -0.1) is 0 Å². The lowest BCUT2D eigenvalue weighted by molar-refractivity contribution is 0.323. The maximum atomic E-state index is 6.51. The van der Waals surface area contributed by atoms with E-state index in [1.54, 1.807) is 12.4 Å². The lowest BCUT2D eigenvalue weighted by Gasteiger charge is -2.12. The van der Waals surface area contributed by atoms with E-state index in [2.05, 4.69) is 38.2 Å². The Morgan fingerprint density at radius 2 is 2.07 bits per heavy atom. The molecule has 3 aromatic rings. The molecule has 0 aliphatic heterocycles. The highest BCUT2D eigenvalue weighted by molar-refractivity contribution is 7.98. The molecule has 0 amide bonds. The first-order valence-electron chi connectivity index (χ1n) is 9.05. The summed E-state index contributed by atoms with van der Waals surface area (Å²) in [7, 11) is 0. The SMILES string of the molecule is CSc1nc(-c2cc(OCCC3=CCC=CC=C3)c(Cl)cc2Cl)c2[nH]cnc2n1. The van der Waals surface area contributed by atoms with Gasteiger partial charge < -0.3 is 9.72 Å². The van der Waals surface area contributed by atoms with E-state index < -0.39 is 0 Å². The quantitative estimate of drug-likeness (QED) is 0.358. The highest BCUT2D eigenvalue weighted by atomic mass is 35.5. The molecule has 0 saturated carbocycles. The van der Waals surface area contributed by atoms with Crippen LogP contribution >= 0.6 is 35.0 Å². The first kappa shape index (κ1) is 20.0. The molecule has 0 fully saturated rings. The Morgan fingerprint density at radius 1 is 1.17 bits per heavy atom. The normalized spacial score (nSPS) is 13.6. The summed E-state index contributed by atoms with van der Waals surface area (Å²) in [4.78, 5) is 16.4. The second-order valence-corrected chi connectivity index (χ2v) is 7.91. The largest absolute Gasteiger partial charge is 0.492 e.